The van der Waals surface area contributed by atoms with Gasteiger partial charge in [0.1, 0.15) is 0 Å². The van der Waals surface area contributed by atoms with Crippen LogP contribution >= 0.6 is 0 Å². The fourth-order valence-corrected chi connectivity index (χ4v) is 4.48. The van der Waals surface area contributed by atoms with Crippen LogP contribution in [0.1, 0.15) is 13.8 Å². The molecule has 4 heteroatoms. The molecule has 110 valence electrons. The molecule has 4 atom stereocenters. The van der Waals surface area contributed by atoms with Crippen LogP contribution in [-0.4, -0.2) is 23.1 Å². The lowest BCUT2D eigenvalue weighted by Crippen LogP contribution is -2.19. The smallest absolute Gasteiger partial charge is 0.226 e. The summed E-state index contributed by atoms with van der Waals surface area (Å²) in [4.78, 5) is 46.8. The maximum absolute atomic E-state index is 11.7. The van der Waals surface area contributed by atoms with Gasteiger partial charge in [-0.25, -0.2) is 0 Å². The number of allylic oxidation sites excluding steroid dienone is 8. The zero-order valence-electron chi connectivity index (χ0n) is 12.3. The van der Waals surface area contributed by atoms with E-state index in [1.165, 1.54) is 24.3 Å². The van der Waals surface area contributed by atoms with Crippen molar-refractivity contribution in [1.29, 1.82) is 0 Å². The van der Waals surface area contributed by atoms with E-state index >= 15 is 0 Å². The molecule has 22 heavy (non-hydrogen) atoms. The molecule has 0 N–H and O–H groups in total. The van der Waals surface area contributed by atoms with Crippen LogP contribution in [0.3, 0.4) is 0 Å². The Morgan fingerprint density at radius 2 is 0.818 bits per heavy atom. The topological polar surface area (TPSA) is 68.3 Å². The molecule has 0 saturated heterocycles. The Morgan fingerprint density at radius 1 is 0.545 bits per heavy atom. The van der Waals surface area contributed by atoms with Crippen LogP contribution in [0.2, 0.25) is 0 Å². The highest BCUT2D eigenvalue weighted by molar-refractivity contribution is 6.47. The number of ketones is 4. The van der Waals surface area contributed by atoms with Crippen LogP contribution in [0.4, 0.5) is 0 Å². The third-order valence-electron chi connectivity index (χ3n) is 5.46. The molecule has 0 aliphatic heterocycles. The molecular formula is C18H14O4. The van der Waals surface area contributed by atoms with Gasteiger partial charge in [-0.2, -0.15) is 0 Å². The lowest BCUT2D eigenvalue weighted by atomic mass is 9.83. The van der Waals surface area contributed by atoms with Gasteiger partial charge in [0.2, 0.25) is 23.1 Å². The second-order valence-corrected chi connectivity index (χ2v) is 6.48. The minimum absolute atomic E-state index is 0.0638. The summed E-state index contributed by atoms with van der Waals surface area (Å²) in [7, 11) is 0. The molecule has 0 amide bonds. The molecule has 4 aliphatic rings. The first-order chi connectivity index (χ1) is 10.4. The summed E-state index contributed by atoms with van der Waals surface area (Å²) in [5.74, 6) is -1.66. The zero-order chi connectivity index (χ0) is 15.8. The summed E-state index contributed by atoms with van der Waals surface area (Å²) < 4.78 is 0. The van der Waals surface area contributed by atoms with Crippen molar-refractivity contribution < 1.29 is 19.2 Å². The van der Waals surface area contributed by atoms with Crippen molar-refractivity contribution in [2.75, 3.05) is 0 Å². The molecular weight excluding hydrogens is 280 g/mol. The number of hydrogen-bond donors (Lipinski definition) is 0. The van der Waals surface area contributed by atoms with Crippen LogP contribution in [0.15, 0.2) is 46.6 Å². The summed E-state index contributed by atoms with van der Waals surface area (Å²) >= 11 is 0. The quantitative estimate of drug-likeness (QED) is 0.502. The molecule has 0 aromatic rings. The van der Waals surface area contributed by atoms with Gasteiger partial charge in [-0.05, 0) is 70.3 Å². The first kappa shape index (κ1) is 13.3. The lowest BCUT2D eigenvalue weighted by Gasteiger charge is -2.19. The van der Waals surface area contributed by atoms with Gasteiger partial charge in [0.05, 0.1) is 0 Å². The molecule has 4 nitrogen and oxygen atoms in total. The highest BCUT2D eigenvalue weighted by atomic mass is 16.2. The third kappa shape index (κ3) is 1.47. The van der Waals surface area contributed by atoms with E-state index in [2.05, 4.69) is 0 Å². The Kier molecular flexibility index (Phi) is 2.48. The summed E-state index contributed by atoms with van der Waals surface area (Å²) in [5, 5.41) is 0. The van der Waals surface area contributed by atoms with Crippen LogP contribution in [0, 0.1) is 23.7 Å². The summed E-state index contributed by atoms with van der Waals surface area (Å²) in [6.45, 7) is 4.04. The van der Waals surface area contributed by atoms with E-state index in [1.54, 1.807) is 0 Å². The molecule has 0 aromatic heterocycles. The second-order valence-electron chi connectivity index (χ2n) is 6.48. The van der Waals surface area contributed by atoms with Crippen molar-refractivity contribution in [1.82, 2.24) is 0 Å². The van der Waals surface area contributed by atoms with Gasteiger partial charge in [0.25, 0.3) is 0 Å². The molecule has 4 rings (SSSR count). The summed E-state index contributed by atoms with van der Waals surface area (Å²) in [6.07, 6.45) is 5.81. The Labute approximate surface area is 127 Å². The maximum atomic E-state index is 11.7. The molecule has 4 aliphatic carbocycles. The number of rotatable bonds is 0. The first-order valence-corrected chi connectivity index (χ1v) is 7.44. The molecule has 2 saturated carbocycles. The second kappa shape index (κ2) is 4.09. The van der Waals surface area contributed by atoms with Gasteiger partial charge in [0.15, 0.2) is 0 Å². The number of carbonyl (C=O) groups excluding carboxylic acids is 4. The SMILES string of the molecule is CC1C2=CC(=O)C(=O)C=C2C2C(C)C3=CC(=O)C(=O)C=C3C12. The van der Waals surface area contributed by atoms with Crippen LogP contribution in [0.25, 0.3) is 0 Å². The molecule has 4 unspecified atom stereocenters. The van der Waals surface area contributed by atoms with Crippen molar-refractivity contribution in [3.8, 4) is 0 Å². The standard InChI is InChI=1S/C18H14O4/c1-7-9-3-13(19)15(21)5-11(9)18-8(2)10-4-14(20)16(22)6-12(10)17(7)18/h3-8,17-18H,1-2H3. The van der Waals surface area contributed by atoms with E-state index < -0.39 is 23.1 Å². The minimum atomic E-state index is -0.483. The first-order valence-electron chi connectivity index (χ1n) is 7.44. The maximum Gasteiger partial charge on any atom is 0.226 e. The fourth-order valence-electron chi connectivity index (χ4n) is 4.48. The van der Waals surface area contributed by atoms with Crippen LogP contribution < -0.4 is 0 Å². The van der Waals surface area contributed by atoms with Gasteiger partial charge >= 0.3 is 0 Å². The number of hydrogen-bond acceptors (Lipinski definition) is 4. The van der Waals surface area contributed by atoms with Crippen molar-refractivity contribution in [2.24, 2.45) is 23.7 Å². The van der Waals surface area contributed by atoms with Crippen molar-refractivity contribution >= 4 is 23.1 Å². The fraction of sp³-hybridized carbons (Fsp3) is 0.333. The molecule has 2 fully saturated rings. The van der Waals surface area contributed by atoms with E-state index in [4.69, 9.17) is 0 Å². The highest BCUT2D eigenvalue weighted by Crippen LogP contribution is 2.60. The summed E-state index contributed by atoms with van der Waals surface area (Å²) in [6, 6.07) is 0. The van der Waals surface area contributed by atoms with E-state index in [9.17, 15) is 19.2 Å². The average molecular weight is 294 g/mol. The summed E-state index contributed by atoms with van der Waals surface area (Å²) in [5.41, 5.74) is 3.64. The van der Waals surface area contributed by atoms with E-state index in [0.29, 0.717) is 0 Å². The van der Waals surface area contributed by atoms with Gasteiger partial charge in [-0.3, -0.25) is 19.2 Å². The van der Waals surface area contributed by atoms with Gasteiger partial charge < -0.3 is 0 Å². The largest absolute Gasteiger partial charge is 0.286 e. The van der Waals surface area contributed by atoms with Gasteiger partial charge in [0, 0.05) is 0 Å². The molecule has 0 bridgehead atoms. The van der Waals surface area contributed by atoms with Crippen molar-refractivity contribution in [3.63, 3.8) is 0 Å². The number of carbonyl (C=O) groups is 4. The van der Waals surface area contributed by atoms with E-state index in [0.717, 1.165) is 22.3 Å². The molecule has 0 heterocycles. The predicted octanol–water partition coefficient (Wildman–Crippen LogP) is 1.53. The third-order valence-corrected chi connectivity index (χ3v) is 5.46. The molecule has 0 radical (unpaired) electrons. The monoisotopic (exact) mass is 294 g/mol. The van der Waals surface area contributed by atoms with Crippen LogP contribution in [-0.2, 0) is 19.2 Å². The van der Waals surface area contributed by atoms with Crippen LogP contribution in [0.5, 0.6) is 0 Å². The minimum Gasteiger partial charge on any atom is -0.286 e. The average Bonchev–Trinajstić information content (AvgIpc) is 2.89. The Hall–Kier alpha value is -2.36. The van der Waals surface area contributed by atoms with Crippen molar-refractivity contribution in [2.45, 2.75) is 13.8 Å². The zero-order valence-corrected chi connectivity index (χ0v) is 12.3. The van der Waals surface area contributed by atoms with Gasteiger partial charge in [-0.1, -0.05) is 13.8 Å². The Balaban J connectivity index is 1.90. The van der Waals surface area contributed by atoms with Crippen molar-refractivity contribution in [3.05, 3.63) is 46.6 Å². The number of fused-ring (bicyclic) bond motifs is 5. The Bertz CT molecular complexity index is 735. The Morgan fingerprint density at radius 3 is 1.14 bits per heavy atom. The molecule has 0 aromatic carbocycles. The van der Waals surface area contributed by atoms with Gasteiger partial charge in [-0.15, -0.1) is 0 Å². The van der Waals surface area contributed by atoms with E-state index in [1.807, 2.05) is 13.8 Å². The van der Waals surface area contributed by atoms with E-state index in [-0.39, 0.29) is 23.7 Å². The molecule has 0 spiro atoms. The highest BCUT2D eigenvalue weighted by Gasteiger charge is 2.53. The normalized spacial score (nSPS) is 36.3. The predicted molar refractivity (Wildman–Crippen MR) is 77.7 cm³/mol. The lowest BCUT2D eigenvalue weighted by molar-refractivity contribution is -0.131.